The summed E-state index contributed by atoms with van der Waals surface area (Å²) in [6, 6.07) is 13.3. The van der Waals surface area contributed by atoms with Crippen molar-refractivity contribution in [3.63, 3.8) is 0 Å². The predicted octanol–water partition coefficient (Wildman–Crippen LogP) is 3.22. The standard InChI is InChI=1S/C17H17NO5/c1-20-17(19)18-13-7-8-14(16-15(13)21-9-10-22-16)23-11-12-5-3-2-4-6-12/h2-8H,9-11H2,1H3,(H,18,19). The number of hydrogen-bond acceptors (Lipinski definition) is 5. The summed E-state index contributed by atoms with van der Waals surface area (Å²) >= 11 is 0. The number of methoxy groups -OCH3 is 1. The molecule has 6 nitrogen and oxygen atoms in total. The molecule has 0 unspecified atom stereocenters. The average Bonchev–Trinajstić information content (AvgIpc) is 2.62. The zero-order valence-corrected chi connectivity index (χ0v) is 12.7. The maximum atomic E-state index is 11.4. The molecular formula is C17H17NO5. The minimum atomic E-state index is -0.570. The third-order valence-electron chi connectivity index (χ3n) is 3.31. The quantitative estimate of drug-likeness (QED) is 0.938. The van der Waals surface area contributed by atoms with Crippen LogP contribution in [0.3, 0.4) is 0 Å². The van der Waals surface area contributed by atoms with Crippen LogP contribution in [0.15, 0.2) is 42.5 Å². The highest BCUT2D eigenvalue weighted by Crippen LogP contribution is 2.45. The second-order valence-corrected chi connectivity index (χ2v) is 4.86. The zero-order chi connectivity index (χ0) is 16.1. The van der Waals surface area contributed by atoms with Crippen molar-refractivity contribution in [3.8, 4) is 17.2 Å². The van der Waals surface area contributed by atoms with Crippen molar-refractivity contribution in [1.29, 1.82) is 0 Å². The fourth-order valence-electron chi connectivity index (χ4n) is 2.22. The van der Waals surface area contributed by atoms with Gasteiger partial charge in [0.15, 0.2) is 11.5 Å². The van der Waals surface area contributed by atoms with E-state index in [1.165, 1.54) is 7.11 Å². The lowest BCUT2D eigenvalue weighted by Gasteiger charge is -2.23. The van der Waals surface area contributed by atoms with Gasteiger partial charge in [-0.15, -0.1) is 0 Å². The molecule has 3 rings (SSSR count). The molecule has 0 saturated carbocycles. The van der Waals surface area contributed by atoms with E-state index in [1.807, 2.05) is 30.3 Å². The fraction of sp³-hybridized carbons (Fsp3) is 0.235. The Morgan fingerprint density at radius 2 is 1.83 bits per heavy atom. The Balaban J connectivity index is 1.82. The second-order valence-electron chi connectivity index (χ2n) is 4.86. The lowest BCUT2D eigenvalue weighted by atomic mass is 10.2. The molecule has 0 radical (unpaired) electrons. The molecule has 23 heavy (non-hydrogen) atoms. The Bertz CT molecular complexity index is 687. The van der Waals surface area contributed by atoms with Crippen molar-refractivity contribution in [2.75, 3.05) is 25.6 Å². The van der Waals surface area contributed by atoms with Crippen LogP contribution in [0.4, 0.5) is 10.5 Å². The molecule has 6 heteroatoms. The molecule has 0 aromatic heterocycles. The Morgan fingerprint density at radius 1 is 1.09 bits per heavy atom. The predicted molar refractivity (Wildman–Crippen MR) is 84.2 cm³/mol. The Hall–Kier alpha value is -2.89. The van der Waals surface area contributed by atoms with Gasteiger partial charge in [0.05, 0.1) is 12.8 Å². The highest BCUT2D eigenvalue weighted by Gasteiger charge is 2.22. The van der Waals surface area contributed by atoms with Crippen LogP contribution in [0.25, 0.3) is 0 Å². The van der Waals surface area contributed by atoms with Crippen LogP contribution in [0.5, 0.6) is 17.2 Å². The van der Waals surface area contributed by atoms with Gasteiger partial charge >= 0.3 is 6.09 Å². The Morgan fingerprint density at radius 3 is 2.57 bits per heavy atom. The summed E-state index contributed by atoms with van der Waals surface area (Å²) in [6.07, 6.45) is -0.570. The van der Waals surface area contributed by atoms with Gasteiger partial charge in [-0.2, -0.15) is 0 Å². The molecule has 2 aromatic carbocycles. The van der Waals surface area contributed by atoms with Gasteiger partial charge < -0.3 is 18.9 Å². The number of anilines is 1. The largest absolute Gasteiger partial charge is 0.485 e. The number of rotatable bonds is 4. The van der Waals surface area contributed by atoms with E-state index >= 15 is 0 Å². The summed E-state index contributed by atoms with van der Waals surface area (Å²) < 4.78 is 21.7. The normalized spacial score (nSPS) is 12.4. The van der Waals surface area contributed by atoms with E-state index in [0.717, 1.165) is 5.56 Å². The number of ether oxygens (including phenoxy) is 4. The maximum Gasteiger partial charge on any atom is 0.411 e. The number of fused-ring (bicyclic) bond motifs is 1. The van der Waals surface area contributed by atoms with Crippen molar-refractivity contribution in [2.24, 2.45) is 0 Å². The van der Waals surface area contributed by atoms with Crippen molar-refractivity contribution in [1.82, 2.24) is 0 Å². The highest BCUT2D eigenvalue weighted by atomic mass is 16.6. The molecule has 0 aliphatic carbocycles. The fourth-order valence-corrected chi connectivity index (χ4v) is 2.22. The van der Waals surface area contributed by atoms with Gasteiger partial charge in [0.2, 0.25) is 5.75 Å². The van der Waals surface area contributed by atoms with Crippen LogP contribution >= 0.6 is 0 Å². The molecule has 1 heterocycles. The molecule has 1 amide bonds. The molecule has 120 valence electrons. The molecule has 0 fully saturated rings. The number of hydrogen-bond donors (Lipinski definition) is 1. The first-order valence-corrected chi connectivity index (χ1v) is 7.22. The first-order chi connectivity index (χ1) is 11.3. The van der Waals surface area contributed by atoms with Crippen LogP contribution in [0, 0.1) is 0 Å². The molecule has 2 aromatic rings. The summed E-state index contributed by atoms with van der Waals surface area (Å²) in [5.41, 5.74) is 1.54. The molecule has 0 saturated heterocycles. The summed E-state index contributed by atoms with van der Waals surface area (Å²) in [7, 11) is 1.30. The minimum absolute atomic E-state index is 0.408. The van der Waals surface area contributed by atoms with Gasteiger partial charge in [-0.3, -0.25) is 5.32 Å². The van der Waals surface area contributed by atoms with E-state index in [9.17, 15) is 4.79 Å². The van der Waals surface area contributed by atoms with E-state index in [4.69, 9.17) is 14.2 Å². The van der Waals surface area contributed by atoms with Crippen molar-refractivity contribution >= 4 is 11.8 Å². The Kier molecular flexibility index (Phi) is 4.52. The SMILES string of the molecule is COC(=O)Nc1ccc(OCc2ccccc2)c2c1OCCO2. The maximum absolute atomic E-state index is 11.4. The summed E-state index contributed by atoms with van der Waals surface area (Å²) in [4.78, 5) is 11.4. The molecule has 1 N–H and O–H groups in total. The van der Waals surface area contributed by atoms with Gasteiger partial charge in [0.1, 0.15) is 19.8 Å². The van der Waals surface area contributed by atoms with Gasteiger partial charge in [-0.05, 0) is 17.7 Å². The van der Waals surface area contributed by atoms with Gasteiger partial charge in [-0.25, -0.2) is 4.79 Å². The van der Waals surface area contributed by atoms with Crippen LogP contribution < -0.4 is 19.5 Å². The third-order valence-corrected chi connectivity index (χ3v) is 3.31. The molecule has 1 aliphatic rings. The highest BCUT2D eigenvalue weighted by molar-refractivity contribution is 5.88. The van der Waals surface area contributed by atoms with Crippen molar-refractivity contribution in [3.05, 3.63) is 48.0 Å². The van der Waals surface area contributed by atoms with Crippen molar-refractivity contribution in [2.45, 2.75) is 6.61 Å². The molecule has 0 atom stereocenters. The third kappa shape index (κ3) is 3.48. The van der Waals surface area contributed by atoms with Crippen LogP contribution in [-0.2, 0) is 11.3 Å². The first kappa shape index (κ1) is 15.0. The van der Waals surface area contributed by atoms with E-state index in [1.54, 1.807) is 12.1 Å². The zero-order valence-electron chi connectivity index (χ0n) is 12.7. The van der Waals surface area contributed by atoms with Crippen LogP contribution in [-0.4, -0.2) is 26.4 Å². The molecular weight excluding hydrogens is 298 g/mol. The first-order valence-electron chi connectivity index (χ1n) is 7.22. The smallest absolute Gasteiger partial charge is 0.411 e. The number of amides is 1. The topological polar surface area (TPSA) is 66.0 Å². The van der Waals surface area contributed by atoms with Gasteiger partial charge in [-0.1, -0.05) is 30.3 Å². The van der Waals surface area contributed by atoms with Crippen molar-refractivity contribution < 1.29 is 23.7 Å². The van der Waals surface area contributed by atoms with E-state index < -0.39 is 6.09 Å². The lowest BCUT2D eigenvalue weighted by Crippen LogP contribution is -2.19. The lowest BCUT2D eigenvalue weighted by molar-refractivity contribution is 0.161. The van der Waals surface area contributed by atoms with Gasteiger partial charge in [0, 0.05) is 0 Å². The monoisotopic (exact) mass is 315 g/mol. The van der Waals surface area contributed by atoms with Crippen LogP contribution in [0.1, 0.15) is 5.56 Å². The Labute approximate surface area is 133 Å². The van der Waals surface area contributed by atoms with E-state index in [2.05, 4.69) is 10.1 Å². The summed E-state index contributed by atoms with van der Waals surface area (Å²) in [5, 5.41) is 2.60. The van der Waals surface area contributed by atoms with E-state index in [-0.39, 0.29) is 0 Å². The number of benzene rings is 2. The number of nitrogens with one attached hydrogen (secondary N) is 1. The van der Waals surface area contributed by atoms with Crippen LogP contribution in [0.2, 0.25) is 0 Å². The molecule has 0 bridgehead atoms. The minimum Gasteiger partial charge on any atom is -0.485 e. The summed E-state index contributed by atoms with van der Waals surface area (Å²) in [5.74, 6) is 1.51. The average molecular weight is 315 g/mol. The summed E-state index contributed by atoms with van der Waals surface area (Å²) in [6.45, 7) is 1.25. The van der Waals surface area contributed by atoms with Gasteiger partial charge in [0.25, 0.3) is 0 Å². The number of carbonyl (C=O) groups excluding carboxylic acids is 1. The number of carbonyl (C=O) groups is 1. The molecule has 0 spiro atoms. The van der Waals surface area contributed by atoms with E-state index in [0.29, 0.717) is 42.8 Å². The second kappa shape index (κ2) is 6.91. The molecule has 1 aliphatic heterocycles.